The molecule has 0 radical (unpaired) electrons. The van der Waals surface area contributed by atoms with E-state index in [1.807, 2.05) is 18.2 Å². The lowest BCUT2D eigenvalue weighted by Crippen LogP contribution is -2.28. The van der Waals surface area contributed by atoms with E-state index in [1.165, 1.54) is 60.3 Å². The quantitative estimate of drug-likeness (QED) is 0.168. The molecule has 1 aliphatic carbocycles. The van der Waals surface area contributed by atoms with Gasteiger partial charge in [0.2, 0.25) is 0 Å². The van der Waals surface area contributed by atoms with Gasteiger partial charge in [-0.2, -0.15) is 0 Å². The third-order valence-corrected chi connectivity index (χ3v) is 11.4. The van der Waals surface area contributed by atoms with Gasteiger partial charge in [0.1, 0.15) is 0 Å². The van der Waals surface area contributed by atoms with Crippen LogP contribution >= 0.6 is 0 Å². The van der Waals surface area contributed by atoms with Crippen molar-refractivity contribution in [3.05, 3.63) is 222 Å². The molecule has 0 saturated heterocycles. The summed E-state index contributed by atoms with van der Waals surface area (Å²) in [4.78, 5) is 15.4. The van der Waals surface area contributed by atoms with Crippen molar-refractivity contribution in [2.45, 2.75) is 5.41 Å². The Morgan fingerprint density at radius 3 is 1.56 bits per heavy atom. The topological polar surface area (TPSA) is 38.7 Å². The minimum atomic E-state index is -0.444. The first-order valence-electron chi connectivity index (χ1n) is 18.8. The molecule has 0 atom stereocenters. The summed E-state index contributed by atoms with van der Waals surface area (Å²) in [5.74, 6) is 1.95. The molecule has 3 heteroatoms. The first kappa shape index (κ1) is 31.3. The second-order valence-electron chi connectivity index (χ2n) is 14.3. The highest BCUT2D eigenvalue weighted by molar-refractivity contribution is 6.09. The molecular formula is C52H33N3. The maximum atomic E-state index is 5.18. The van der Waals surface area contributed by atoms with Crippen molar-refractivity contribution in [2.24, 2.45) is 0 Å². The van der Waals surface area contributed by atoms with Gasteiger partial charge in [-0.15, -0.1) is 0 Å². The Hall–Kier alpha value is -7.23. The number of nitrogens with zero attached hydrogens (tertiary/aromatic N) is 3. The Balaban J connectivity index is 1.11. The maximum absolute atomic E-state index is 5.18. The summed E-state index contributed by atoms with van der Waals surface area (Å²) in [6.07, 6.45) is 0. The third-order valence-electron chi connectivity index (χ3n) is 11.4. The monoisotopic (exact) mass is 699 g/mol. The third kappa shape index (κ3) is 4.87. The minimum absolute atomic E-state index is 0.444. The fraction of sp³-hybridized carbons (Fsp3) is 0.0192. The fourth-order valence-electron chi connectivity index (χ4n) is 8.90. The first-order chi connectivity index (χ1) is 27.3. The Morgan fingerprint density at radius 1 is 0.309 bits per heavy atom. The van der Waals surface area contributed by atoms with E-state index in [9.17, 15) is 0 Å². The predicted octanol–water partition coefficient (Wildman–Crippen LogP) is 12.7. The molecule has 0 spiro atoms. The van der Waals surface area contributed by atoms with Crippen molar-refractivity contribution >= 4 is 32.3 Å². The Morgan fingerprint density at radius 2 is 0.836 bits per heavy atom. The molecule has 0 bridgehead atoms. The van der Waals surface area contributed by atoms with Crippen LogP contribution in [-0.2, 0) is 5.41 Å². The van der Waals surface area contributed by atoms with Gasteiger partial charge in [0.25, 0.3) is 0 Å². The highest BCUT2D eigenvalue weighted by Crippen LogP contribution is 2.57. The first-order valence-corrected chi connectivity index (χ1v) is 18.8. The van der Waals surface area contributed by atoms with Crippen LogP contribution in [0.25, 0.3) is 77.6 Å². The van der Waals surface area contributed by atoms with E-state index >= 15 is 0 Å². The summed E-state index contributed by atoms with van der Waals surface area (Å²) in [5.41, 5.74) is 10.1. The molecule has 1 aliphatic rings. The van der Waals surface area contributed by atoms with E-state index in [-0.39, 0.29) is 0 Å². The molecule has 1 heterocycles. The minimum Gasteiger partial charge on any atom is -0.208 e. The lowest BCUT2D eigenvalue weighted by Gasteiger charge is -2.33. The predicted molar refractivity (Wildman–Crippen MR) is 226 cm³/mol. The second-order valence-corrected chi connectivity index (χ2v) is 14.3. The van der Waals surface area contributed by atoms with E-state index in [4.69, 9.17) is 15.0 Å². The standard InChI is InChI=1S/C52H33N3/c1-4-15-36(16-5-1)49-53-50(55-51(54-49)39-27-26-35-25-24-34-14-10-11-21-42(34)45(35)33-39)38-28-30-43-37(32-38)29-31-47-48(43)44-22-12-13-23-46(44)52(47,40-17-6-2-7-18-40)41-19-8-3-9-20-41/h1-33H. The van der Waals surface area contributed by atoms with Gasteiger partial charge in [-0.1, -0.05) is 188 Å². The van der Waals surface area contributed by atoms with Crippen molar-refractivity contribution in [3.63, 3.8) is 0 Å². The van der Waals surface area contributed by atoms with Crippen LogP contribution in [0.1, 0.15) is 22.3 Å². The van der Waals surface area contributed by atoms with Gasteiger partial charge >= 0.3 is 0 Å². The number of rotatable bonds is 5. The summed E-state index contributed by atoms with van der Waals surface area (Å²) in [6, 6.07) is 71.7. The van der Waals surface area contributed by atoms with Gasteiger partial charge < -0.3 is 0 Å². The highest BCUT2D eigenvalue weighted by atomic mass is 15.0. The molecule has 0 amide bonds. The highest BCUT2D eigenvalue weighted by Gasteiger charge is 2.46. The van der Waals surface area contributed by atoms with E-state index < -0.39 is 5.41 Å². The van der Waals surface area contributed by atoms with Gasteiger partial charge in [-0.05, 0) is 77.8 Å². The molecule has 1 aromatic heterocycles. The fourth-order valence-corrected chi connectivity index (χ4v) is 8.90. The van der Waals surface area contributed by atoms with Crippen LogP contribution in [-0.4, -0.2) is 15.0 Å². The summed E-state index contributed by atoms with van der Waals surface area (Å²) < 4.78 is 0. The number of benzene rings is 9. The van der Waals surface area contributed by atoms with Crippen molar-refractivity contribution in [1.29, 1.82) is 0 Å². The van der Waals surface area contributed by atoms with Crippen LogP contribution in [0.4, 0.5) is 0 Å². The van der Waals surface area contributed by atoms with Gasteiger partial charge in [-0.3, -0.25) is 0 Å². The SMILES string of the molecule is c1ccc(-c2nc(-c3ccc4c5c(ccc4c3)C(c3ccccc3)(c3ccccc3)c3ccccc3-5)nc(-c3ccc4ccc5ccccc5c4c3)n2)cc1. The zero-order valence-electron chi connectivity index (χ0n) is 29.9. The molecule has 55 heavy (non-hydrogen) atoms. The number of hydrogen-bond acceptors (Lipinski definition) is 3. The Labute approximate surface area is 319 Å². The number of hydrogen-bond donors (Lipinski definition) is 0. The van der Waals surface area contributed by atoms with Crippen LogP contribution in [0.2, 0.25) is 0 Å². The molecule has 0 saturated carbocycles. The lowest BCUT2D eigenvalue weighted by atomic mass is 9.67. The van der Waals surface area contributed by atoms with Gasteiger partial charge in [0.15, 0.2) is 17.5 Å². The van der Waals surface area contributed by atoms with E-state index in [0.29, 0.717) is 17.5 Å². The second kappa shape index (κ2) is 12.4. The Kier molecular flexibility index (Phi) is 7.08. The van der Waals surface area contributed by atoms with E-state index in [1.54, 1.807) is 0 Å². The molecule has 3 nitrogen and oxygen atoms in total. The van der Waals surface area contributed by atoms with E-state index in [2.05, 4.69) is 182 Å². The van der Waals surface area contributed by atoms with Crippen molar-refractivity contribution in [1.82, 2.24) is 15.0 Å². The van der Waals surface area contributed by atoms with Crippen LogP contribution in [0.15, 0.2) is 200 Å². The van der Waals surface area contributed by atoms with E-state index in [0.717, 1.165) is 22.1 Å². The van der Waals surface area contributed by atoms with Gasteiger partial charge in [-0.25, -0.2) is 15.0 Å². The maximum Gasteiger partial charge on any atom is 0.164 e. The molecule has 0 fully saturated rings. The molecule has 0 N–H and O–H groups in total. The molecule has 0 unspecified atom stereocenters. The molecule has 9 aromatic carbocycles. The zero-order chi connectivity index (χ0) is 36.3. The lowest BCUT2D eigenvalue weighted by molar-refractivity contribution is 0.769. The molecular weight excluding hydrogens is 667 g/mol. The molecule has 10 aromatic rings. The number of aromatic nitrogens is 3. The summed E-state index contributed by atoms with van der Waals surface area (Å²) in [5, 5.41) is 7.15. The summed E-state index contributed by atoms with van der Waals surface area (Å²) >= 11 is 0. The van der Waals surface area contributed by atoms with Crippen LogP contribution in [0.3, 0.4) is 0 Å². The van der Waals surface area contributed by atoms with Crippen LogP contribution in [0, 0.1) is 0 Å². The molecule has 256 valence electrons. The van der Waals surface area contributed by atoms with Crippen molar-refractivity contribution in [3.8, 4) is 45.3 Å². The smallest absolute Gasteiger partial charge is 0.164 e. The van der Waals surface area contributed by atoms with Crippen molar-refractivity contribution < 1.29 is 0 Å². The average Bonchev–Trinajstić information content (AvgIpc) is 3.58. The Bertz CT molecular complexity index is 3040. The zero-order valence-corrected chi connectivity index (χ0v) is 29.9. The largest absolute Gasteiger partial charge is 0.208 e. The van der Waals surface area contributed by atoms with Crippen molar-refractivity contribution in [2.75, 3.05) is 0 Å². The van der Waals surface area contributed by atoms with Gasteiger partial charge in [0.05, 0.1) is 5.41 Å². The van der Waals surface area contributed by atoms with Gasteiger partial charge in [0, 0.05) is 16.7 Å². The number of fused-ring (bicyclic) bond motifs is 8. The average molecular weight is 700 g/mol. The molecule has 0 aliphatic heterocycles. The normalized spacial score (nSPS) is 12.9. The molecule has 11 rings (SSSR count). The summed E-state index contributed by atoms with van der Waals surface area (Å²) in [6.45, 7) is 0. The summed E-state index contributed by atoms with van der Waals surface area (Å²) in [7, 11) is 0. The van der Waals surface area contributed by atoms with Crippen LogP contribution < -0.4 is 0 Å². The van der Waals surface area contributed by atoms with Crippen LogP contribution in [0.5, 0.6) is 0 Å².